The Morgan fingerprint density at radius 2 is 1.88 bits per heavy atom. The van der Waals surface area contributed by atoms with Gasteiger partial charge in [-0.1, -0.05) is 40.0 Å². The van der Waals surface area contributed by atoms with E-state index in [1.54, 1.807) is 6.92 Å². The molecule has 0 saturated heterocycles. The van der Waals surface area contributed by atoms with Crippen molar-refractivity contribution in [3.8, 4) is 11.5 Å². The number of halogens is 4. The zero-order chi connectivity index (χ0) is 18.8. The molecule has 1 aromatic carbocycles. The molecular formula is C17H21Cl3FNO3. The Labute approximate surface area is 162 Å². The van der Waals surface area contributed by atoms with Gasteiger partial charge in [-0.25, -0.2) is 4.39 Å². The fourth-order valence-electron chi connectivity index (χ4n) is 1.80. The Kier molecular flexibility index (Phi) is 10.0. The van der Waals surface area contributed by atoms with Crippen molar-refractivity contribution in [3.05, 3.63) is 33.0 Å². The van der Waals surface area contributed by atoms with Gasteiger partial charge in [-0.15, -0.1) is 0 Å². The van der Waals surface area contributed by atoms with Crippen LogP contribution in [0.3, 0.4) is 0 Å². The van der Waals surface area contributed by atoms with Crippen LogP contribution in [0.4, 0.5) is 4.39 Å². The van der Waals surface area contributed by atoms with Crippen LogP contribution in [-0.2, 0) is 4.84 Å². The summed E-state index contributed by atoms with van der Waals surface area (Å²) >= 11 is 17.0. The third-order valence-electron chi connectivity index (χ3n) is 2.91. The summed E-state index contributed by atoms with van der Waals surface area (Å²) in [6.45, 7) is 6.41. The highest BCUT2D eigenvalue weighted by Crippen LogP contribution is 2.37. The minimum absolute atomic E-state index is 0.0156. The molecule has 140 valence electrons. The summed E-state index contributed by atoms with van der Waals surface area (Å²) in [6, 6.07) is 1.52. The smallest absolute Gasteiger partial charge is 0.187 e. The van der Waals surface area contributed by atoms with Crippen LogP contribution in [0, 0.1) is 12.7 Å². The van der Waals surface area contributed by atoms with Crippen molar-refractivity contribution in [2.45, 2.75) is 33.6 Å². The van der Waals surface area contributed by atoms with Crippen molar-refractivity contribution >= 4 is 40.5 Å². The number of hydrogen-bond donors (Lipinski definition) is 0. The minimum Gasteiger partial charge on any atom is -0.492 e. The number of nitrogens with zero attached hydrogens (tertiary/aromatic N) is 1. The Morgan fingerprint density at radius 3 is 2.52 bits per heavy atom. The summed E-state index contributed by atoms with van der Waals surface area (Å²) in [5.41, 5.74) is 1.53. The number of benzene rings is 1. The third-order valence-corrected chi connectivity index (χ3v) is 3.56. The van der Waals surface area contributed by atoms with Crippen LogP contribution < -0.4 is 9.47 Å². The quantitative estimate of drug-likeness (QED) is 0.266. The lowest BCUT2D eigenvalue weighted by molar-refractivity contribution is 0.135. The number of oxime groups is 1. The van der Waals surface area contributed by atoms with Gasteiger partial charge in [0.15, 0.2) is 11.6 Å². The average Bonchev–Trinajstić information content (AvgIpc) is 2.53. The largest absolute Gasteiger partial charge is 0.492 e. The van der Waals surface area contributed by atoms with Crippen molar-refractivity contribution in [2.75, 3.05) is 19.8 Å². The second-order valence-corrected chi connectivity index (χ2v) is 6.77. The van der Waals surface area contributed by atoms with Gasteiger partial charge in [0.1, 0.15) is 28.5 Å². The van der Waals surface area contributed by atoms with Gasteiger partial charge < -0.3 is 14.3 Å². The highest BCUT2D eigenvalue weighted by molar-refractivity contribution is 6.55. The first-order valence-corrected chi connectivity index (χ1v) is 8.84. The maximum Gasteiger partial charge on any atom is 0.187 e. The molecule has 0 radical (unpaired) electrons. The molecular weight excluding hydrogens is 392 g/mol. The van der Waals surface area contributed by atoms with E-state index in [9.17, 15) is 4.39 Å². The van der Waals surface area contributed by atoms with E-state index in [0.29, 0.717) is 24.5 Å². The first-order chi connectivity index (χ1) is 11.8. The molecule has 8 heteroatoms. The van der Waals surface area contributed by atoms with Gasteiger partial charge in [0.05, 0.1) is 12.3 Å². The number of rotatable bonds is 10. The lowest BCUT2D eigenvalue weighted by Gasteiger charge is -2.14. The highest BCUT2D eigenvalue weighted by atomic mass is 35.5. The van der Waals surface area contributed by atoms with Crippen LogP contribution in [0.15, 0.2) is 21.8 Å². The Morgan fingerprint density at radius 1 is 1.20 bits per heavy atom. The van der Waals surface area contributed by atoms with Crippen LogP contribution in [0.5, 0.6) is 11.5 Å². The van der Waals surface area contributed by atoms with Crippen molar-refractivity contribution in [1.29, 1.82) is 0 Å². The SMILES string of the molecule is CC(C)=NOCCCCOc1c(C)cc(OCC=C(Cl)Cl)c(F)c1Cl. The van der Waals surface area contributed by atoms with Gasteiger partial charge in [0.25, 0.3) is 0 Å². The van der Waals surface area contributed by atoms with Gasteiger partial charge in [-0.05, 0) is 51.3 Å². The summed E-state index contributed by atoms with van der Waals surface area (Å²) < 4.78 is 25.2. The normalized spacial score (nSPS) is 10.2. The monoisotopic (exact) mass is 411 g/mol. The highest BCUT2D eigenvalue weighted by Gasteiger charge is 2.17. The fourth-order valence-corrected chi connectivity index (χ4v) is 2.22. The van der Waals surface area contributed by atoms with Crippen LogP contribution in [0.2, 0.25) is 5.02 Å². The summed E-state index contributed by atoms with van der Waals surface area (Å²) in [7, 11) is 0. The van der Waals surface area contributed by atoms with E-state index >= 15 is 0 Å². The van der Waals surface area contributed by atoms with E-state index in [4.69, 9.17) is 49.1 Å². The van der Waals surface area contributed by atoms with E-state index in [-0.39, 0.29) is 21.9 Å². The molecule has 0 unspecified atom stereocenters. The van der Waals surface area contributed by atoms with Gasteiger partial charge in [-0.3, -0.25) is 0 Å². The minimum atomic E-state index is -0.683. The summed E-state index contributed by atoms with van der Waals surface area (Å²) in [5, 5.41) is 3.72. The van der Waals surface area contributed by atoms with Gasteiger partial charge in [-0.2, -0.15) is 0 Å². The second kappa shape index (κ2) is 11.4. The molecule has 0 aromatic heterocycles. The Balaban J connectivity index is 2.56. The second-order valence-electron chi connectivity index (χ2n) is 5.38. The lowest BCUT2D eigenvalue weighted by atomic mass is 10.2. The maximum absolute atomic E-state index is 14.3. The molecule has 1 aromatic rings. The van der Waals surface area contributed by atoms with Crippen molar-refractivity contribution in [1.82, 2.24) is 0 Å². The van der Waals surface area contributed by atoms with Crippen molar-refractivity contribution < 1.29 is 18.7 Å². The van der Waals surface area contributed by atoms with Crippen molar-refractivity contribution in [2.24, 2.45) is 5.16 Å². The molecule has 4 nitrogen and oxygen atoms in total. The van der Waals surface area contributed by atoms with Crippen LogP contribution in [0.1, 0.15) is 32.3 Å². The predicted molar refractivity (Wildman–Crippen MR) is 101 cm³/mol. The zero-order valence-electron chi connectivity index (χ0n) is 14.4. The number of ether oxygens (including phenoxy) is 2. The molecule has 0 aliphatic rings. The molecule has 0 spiro atoms. The van der Waals surface area contributed by atoms with Crippen molar-refractivity contribution in [3.63, 3.8) is 0 Å². The maximum atomic E-state index is 14.3. The third kappa shape index (κ3) is 8.17. The molecule has 1 rings (SSSR count). The topological polar surface area (TPSA) is 40.0 Å². The Hall–Kier alpha value is -1.17. The van der Waals surface area contributed by atoms with Gasteiger partial charge in [0, 0.05) is 0 Å². The summed E-state index contributed by atoms with van der Waals surface area (Å²) in [6.07, 6.45) is 2.90. The predicted octanol–water partition coefficient (Wildman–Crippen LogP) is 6.06. The number of unbranched alkanes of at least 4 members (excludes halogenated alkanes) is 1. The lowest BCUT2D eigenvalue weighted by Crippen LogP contribution is -2.04. The molecule has 0 atom stereocenters. The first kappa shape index (κ1) is 21.9. The number of aryl methyl sites for hydroxylation is 1. The molecule has 0 amide bonds. The molecule has 0 aliphatic heterocycles. The van der Waals surface area contributed by atoms with E-state index in [0.717, 1.165) is 18.6 Å². The summed E-state index contributed by atoms with van der Waals surface area (Å²) in [4.78, 5) is 5.09. The molecule has 0 N–H and O–H groups in total. The van der Waals surface area contributed by atoms with E-state index < -0.39 is 5.82 Å². The van der Waals surface area contributed by atoms with Gasteiger partial charge >= 0.3 is 0 Å². The molecule has 0 saturated carbocycles. The van der Waals surface area contributed by atoms with Crippen LogP contribution in [0.25, 0.3) is 0 Å². The first-order valence-electron chi connectivity index (χ1n) is 7.71. The number of hydrogen-bond acceptors (Lipinski definition) is 4. The van der Waals surface area contributed by atoms with Crippen LogP contribution in [-0.4, -0.2) is 25.5 Å². The van der Waals surface area contributed by atoms with E-state index in [1.807, 2.05) is 13.8 Å². The van der Waals surface area contributed by atoms with E-state index in [1.165, 1.54) is 12.1 Å². The molecule has 0 aliphatic carbocycles. The standard InChI is InChI=1S/C17H21Cl3FNO3/c1-11(2)22-25-8-5-4-7-24-17-12(3)10-13(16(21)15(17)20)23-9-6-14(18)19/h6,10H,4-5,7-9H2,1-3H3. The fraction of sp³-hybridized carbons (Fsp3) is 0.471. The molecule has 25 heavy (non-hydrogen) atoms. The average molecular weight is 413 g/mol. The van der Waals surface area contributed by atoms with E-state index in [2.05, 4.69) is 5.16 Å². The van der Waals surface area contributed by atoms with Gasteiger partial charge in [0.2, 0.25) is 0 Å². The zero-order valence-corrected chi connectivity index (χ0v) is 16.6. The molecule has 0 bridgehead atoms. The Bertz CT molecular complexity index is 628. The molecule has 0 heterocycles. The molecule has 0 fully saturated rings. The van der Waals surface area contributed by atoms with Crippen LogP contribution >= 0.6 is 34.8 Å². The summed E-state index contributed by atoms with van der Waals surface area (Å²) in [5.74, 6) is -0.361.